The molecule has 1 aromatic rings. The fourth-order valence-corrected chi connectivity index (χ4v) is 1.11. The molecule has 0 bridgehead atoms. The Kier molecular flexibility index (Phi) is 3.84. The second-order valence-electron chi connectivity index (χ2n) is 2.69. The third kappa shape index (κ3) is 2.68. The highest BCUT2D eigenvalue weighted by Crippen LogP contribution is 1.98. The van der Waals surface area contributed by atoms with Gasteiger partial charge in [-0.15, -0.1) is 0 Å². The Balaban J connectivity index is 2.37. The number of rotatable bonds is 5. The zero-order chi connectivity index (χ0) is 8.81. The highest BCUT2D eigenvalue weighted by molar-refractivity contribution is 4.90. The SMILES string of the molecule is COCC(Cn1cccc1)OC. The summed E-state index contributed by atoms with van der Waals surface area (Å²) in [6.45, 7) is 1.48. The smallest absolute Gasteiger partial charge is 0.0982 e. The lowest BCUT2D eigenvalue weighted by Crippen LogP contribution is -2.22. The quantitative estimate of drug-likeness (QED) is 0.660. The fraction of sp³-hybridized carbons (Fsp3) is 0.556. The molecule has 1 rings (SSSR count). The van der Waals surface area contributed by atoms with Gasteiger partial charge in [-0.25, -0.2) is 0 Å². The minimum Gasteiger partial charge on any atom is -0.382 e. The Labute approximate surface area is 72.9 Å². The first-order chi connectivity index (χ1) is 5.86. The molecule has 3 heteroatoms. The zero-order valence-corrected chi connectivity index (χ0v) is 7.56. The molecule has 0 spiro atoms. The van der Waals surface area contributed by atoms with Crippen molar-refractivity contribution in [2.45, 2.75) is 12.6 Å². The van der Waals surface area contributed by atoms with E-state index in [0.29, 0.717) is 6.61 Å². The maximum absolute atomic E-state index is 5.22. The van der Waals surface area contributed by atoms with E-state index >= 15 is 0 Å². The van der Waals surface area contributed by atoms with E-state index in [4.69, 9.17) is 9.47 Å². The molecule has 3 nitrogen and oxygen atoms in total. The van der Waals surface area contributed by atoms with Crippen LogP contribution >= 0.6 is 0 Å². The van der Waals surface area contributed by atoms with Gasteiger partial charge in [-0.05, 0) is 12.1 Å². The lowest BCUT2D eigenvalue weighted by Gasteiger charge is -2.14. The lowest BCUT2D eigenvalue weighted by molar-refractivity contribution is 0.0184. The Morgan fingerprint density at radius 1 is 1.25 bits per heavy atom. The summed E-state index contributed by atoms with van der Waals surface area (Å²) in [5.41, 5.74) is 0. The number of hydrogen-bond acceptors (Lipinski definition) is 2. The number of nitrogens with zero attached hydrogens (tertiary/aromatic N) is 1. The van der Waals surface area contributed by atoms with Crippen LogP contribution in [-0.4, -0.2) is 31.5 Å². The molecule has 0 saturated carbocycles. The van der Waals surface area contributed by atoms with E-state index in [0.717, 1.165) is 6.54 Å². The molecule has 0 fully saturated rings. The predicted molar refractivity (Wildman–Crippen MR) is 47.1 cm³/mol. The van der Waals surface area contributed by atoms with Crippen molar-refractivity contribution in [3.63, 3.8) is 0 Å². The molecule has 0 amide bonds. The van der Waals surface area contributed by atoms with Crippen molar-refractivity contribution in [1.82, 2.24) is 4.57 Å². The van der Waals surface area contributed by atoms with E-state index in [1.54, 1.807) is 14.2 Å². The van der Waals surface area contributed by atoms with Gasteiger partial charge < -0.3 is 14.0 Å². The maximum atomic E-state index is 5.22. The summed E-state index contributed by atoms with van der Waals surface area (Å²) in [5.74, 6) is 0. The highest BCUT2D eigenvalue weighted by Gasteiger charge is 2.05. The van der Waals surface area contributed by atoms with Crippen LogP contribution in [0, 0.1) is 0 Å². The van der Waals surface area contributed by atoms with E-state index in [9.17, 15) is 0 Å². The Bertz CT molecular complexity index is 196. The van der Waals surface area contributed by atoms with Gasteiger partial charge >= 0.3 is 0 Å². The second kappa shape index (κ2) is 4.95. The standard InChI is InChI=1S/C9H15NO2/c1-11-8-9(12-2)7-10-5-3-4-6-10/h3-6,9H,7-8H2,1-2H3. The van der Waals surface area contributed by atoms with Crippen LogP contribution in [0.25, 0.3) is 0 Å². The summed E-state index contributed by atoms with van der Waals surface area (Å²) < 4.78 is 12.3. The van der Waals surface area contributed by atoms with Crippen molar-refractivity contribution in [3.8, 4) is 0 Å². The van der Waals surface area contributed by atoms with Crippen LogP contribution in [0.3, 0.4) is 0 Å². The molecule has 0 radical (unpaired) electrons. The molecule has 1 aromatic heterocycles. The third-order valence-corrected chi connectivity index (χ3v) is 1.77. The average Bonchev–Trinajstić information content (AvgIpc) is 2.56. The van der Waals surface area contributed by atoms with Gasteiger partial charge in [0.2, 0.25) is 0 Å². The number of hydrogen-bond donors (Lipinski definition) is 0. The number of ether oxygens (including phenoxy) is 2. The summed E-state index contributed by atoms with van der Waals surface area (Å²) in [4.78, 5) is 0. The number of methoxy groups -OCH3 is 2. The fourth-order valence-electron chi connectivity index (χ4n) is 1.11. The van der Waals surface area contributed by atoms with Crippen molar-refractivity contribution in [1.29, 1.82) is 0 Å². The molecule has 12 heavy (non-hydrogen) atoms. The summed E-state index contributed by atoms with van der Waals surface area (Å²) >= 11 is 0. The van der Waals surface area contributed by atoms with Crippen LogP contribution in [0.15, 0.2) is 24.5 Å². The van der Waals surface area contributed by atoms with Gasteiger partial charge in [0.25, 0.3) is 0 Å². The minimum atomic E-state index is 0.141. The van der Waals surface area contributed by atoms with Gasteiger partial charge in [-0.1, -0.05) is 0 Å². The molecule has 0 N–H and O–H groups in total. The predicted octanol–water partition coefficient (Wildman–Crippen LogP) is 1.15. The Morgan fingerprint density at radius 2 is 1.92 bits per heavy atom. The molecule has 0 aliphatic rings. The van der Waals surface area contributed by atoms with E-state index < -0.39 is 0 Å². The van der Waals surface area contributed by atoms with Gasteiger partial charge in [0.05, 0.1) is 19.3 Å². The van der Waals surface area contributed by atoms with Crippen molar-refractivity contribution < 1.29 is 9.47 Å². The summed E-state index contributed by atoms with van der Waals surface area (Å²) in [6, 6.07) is 4.00. The first-order valence-corrected chi connectivity index (χ1v) is 3.99. The molecular weight excluding hydrogens is 154 g/mol. The van der Waals surface area contributed by atoms with E-state index in [2.05, 4.69) is 4.57 Å². The normalized spacial score (nSPS) is 13.2. The van der Waals surface area contributed by atoms with Gasteiger partial charge in [0.1, 0.15) is 0 Å². The van der Waals surface area contributed by atoms with Crippen LogP contribution in [0.1, 0.15) is 0 Å². The van der Waals surface area contributed by atoms with Crippen LogP contribution in [0.2, 0.25) is 0 Å². The minimum absolute atomic E-state index is 0.141. The Morgan fingerprint density at radius 3 is 2.42 bits per heavy atom. The Hall–Kier alpha value is -0.800. The van der Waals surface area contributed by atoms with Gasteiger partial charge in [-0.3, -0.25) is 0 Å². The van der Waals surface area contributed by atoms with Gasteiger partial charge in [-0.2, -0.15) is 0 Å². The maximum Gasteiger partial charge on any atom is 0.0982 e. The highest BCUT2D eigenvalue weighted by atomic mass is 16.5. The van der Waals surface area contributed by atoms with Crippen molar-refractivity contribution in [3.05, 3.63) is 24.5 Å². The van der Waals surface area contributed by atoms with Crippen LogP contribution < -0.4 is 0 Å². The molecule has 68 valence electrons. The first kappa shape index (κ1) is 9.29. The average molecular weight is 169 g/mol. The van der Waals surface area contributed by atoms with Crippen molar-refractivity contribution in [2.75, 3.05) is 20.8 Å². The first-order valence-electron chi connectivity index (χ1n) is 3.99. The monoisotopic (exact) mass is 169 g/mol. The molecular formula is C9H15NO2. The van der Waals surface area contributed by atoms with Crippen LogP contribution in [0.5, 0.6) is 0 Å². The molecule has 0 aliphatic carbocycles. The molecule has 1 atom stereocenters. The van der Waals surface area contributed by atoms with Crippen molar-refractivity contribution in [2.24, 2.45) is 0 Å². The summed E-state index contributed by atoms with van der Waals surface area (Å²) in [6.07, 6.45) is 4.17. The summed E-state index contributed by atoms with van der Waals surface area (Å²) in [5, 5.41) is 0. The third-order valence-electron chi connectivity index (χ3n) is 1.77. The molecule has 1 unspecified atom stereocenters. The van der Waals surface area contributed by atoms with Crippen LogP contribution in [-0.2, 0) is 16.0 Å². The van der Waals surface area contributed by atoms with Gasteiger partial charge in [0, 0.05) is 26.6 Å². The van der Waals surface area contributed by atoms with E-state index in [1.165, 1.54) is 0 Å². The van der Waals surface area contributed by atoms with E-state index in [1.807, 2.05) is 24.5 Å². The zero-order valence-electron chi connectivity index (χ0n) is 7.56. The molecule has 0 aromatic carbocycles. The molecule has 1 heterocycles. The summed E-state index contributed by atoms with van der Waals surface area (Å²) in [7, 11) is 3.38. The van der Waals surface area contributed by atoms with Crippen LogP contribution in [0.4, 0.5) is 0 Å². The topological polar surface area (TPSA) is 23.4 Å². The largest absolute Gasteiger partial charge is 0.382 e. The van der Waals surface area contributed by atoms with E-state index in [-0.39, 0.29) is 6.10 Å². The van der Waals surface area contributed by atoms with Gasteiger partial charge in [0.15, 0.2) is 0 Å². The molecule has 0 saturated heterocycles. The molecule has 0 aliphatic heterocycles. The number of aromatic nitrogens is 1. The van der Waals surface area contributed by atoms with Crippen molar-refractivity contribution >= 4 is 0 Å². The lowest BCUT2D eigenvalue weighted by atomic mass is 10.4. The second-order valence-corrected chi connectivity index (χ2v) is 2.69.